The molecule has 228 valence electrons. The zero-order valence-corrected chi connectivity index (χ0v) is 30.9. The van der Waals surface area contributed by atoms with Crippen molar-refractivity contribution in [3.8, 4) is 0 Å². The third kappa shape index (κ3) is 9.49. The lowest BCUT2D eigenvalue weighted by molar-refractivity contribution is 0.490. The fraction of sp³-hybridized carbons (Fsp3) is 0.700. The minimum absolute atomic E-state index is 0.154. The first-order chi connectivity index (χ1) is 17.3. The van der Waals surface area contributed by atoms with Crippen molar-refractivity contribution in [3.63, 3.8) is 0 Å². The Morgan fingerprint density at radius 1 is 0.275 bits per heavy atom. The topological polar surface area (TPSA) is 0 Å². The Bertz CT molecular complexity index is 1100. The van der Waals surface area contributed by atoms with E-state index in [9.17, 15) is 0 Å². The third-order valence-electron chi connectivity index (χ3n) is 7.87. The summed E-state index contributed by atoms with van der Waals surface area (Å²) in [6, 6.07) is 12.0. The largest absolute Gasteiger partial charge is 0.0582 e. The molecule has 0 spiro atoms. The van der Waals surface area contributed by atoms with Crippen LogP contribution in [0.25, 0.3) is 0 Å². The quantitative estimate of drug-likeness (QED) is 0.307. The molecule has 0 fully saturated rings. The molecule has 0 heteroatoms. The van der Waals surface area contributed by atoms with E-state index in [0.717, 1.165) is 0 Å². The Morgan fingerprint density at radius 3 is 0.825 bits per heavy atom. The molecule has 0 radical (unpaired) electrons. The highest BCUT2D eigenvalue weighted by Gasteiger charge is 2.33. The summed E-state index contributed by atoms with van der Waals surface area (Å²) >= 11 is 0. The van der Waals surface area contributed by atoms with E-state index in [0.29, 0.717) is 0 Å². The molecule has 0 N–H and O–H groups in total. The van der Waals surface area contributed by atoms with Crippen molar-refractivity contribution < 1.29 is 0 Å². The van der Waals surface area contributed by atoms with Crippen LogP contribution in [0.1, 0.15) is 184 Å². The Labute approximate surface area is 252 Å². The standard InChI is InChI=1S/C22H38.C18H30/c1-19(2,3)15-13-16(20(4,5)6)18(22(10,11)12)17(14-15)21(7,8)9;1-16(2,3)13-10-11-14(17(4,5)6)15(12-13)18(7,8)9/h13-14H,1-12H3;10-12H,1-9H3. The minimum Gasteiger partial charge on any atom is -0.0582 e. The molecule has 0 atom stereocenters. The lowest BCUT2D eigenvalue weighted by Gasteiger charge is -2.38. The summed E-state index contributed by atoms with van der Waals surface area (Å²) in [4.78, 5) is 0. The molecule has 0 saturated carbocycles. The summed E-state index contributed by atoms with van der Waals surface area (Å²) in [6.45, 7) is 48.7. The van der Waals surface area contributed by atoms with Crippen molar-refractivity contribution >= 4 is 0 Å². The van der Waals surface area contributed by atoms with Crippen molar-refractivity contribution in [2.75, 3.05) is 0 Å². The van der Waals surface area contributed by atoms with Gasteiger partial charge in [-0.25, -0.2) is 0 Å². The van der Waals surface area contributed by atoms with Gasteiger partial charge in [-0.15, -0.1) is 0 Å². The molecule has 0 aliphatic carbocycles. The number of hydrogen-bond donors (Lipinski definition) is 0. The molecule has 0 unspecified atom stereocenters. The van der Waals surface area contributed by atoms with E-state index >= 15 is 0 Å². The maximum atomic E-state index is 2.47. The van der Waals surface area contributed by atoms with Gasteiger partial charge in [0, 0.05) is 0 Å². The first kappa shape index (κ1) is 36.5. The first-order valence-electron chi connectivity index (χ1n) is 15.6. The van der Waals surface area contributed by atoms with Crippen molar-refractivity contribution in [1.82, 2.24) is 0 Å². The van der Waals surface area contributed by atoms with Gasteiger partial charge >= 0.3 is 0 Å². The predicted molar refractivity (Wildman–Crippen MR) is 184 cm³/mol. The van der Waals surface area contributed by atoms with Crippen LogP contribution in [0.5, 0.6) is 0 Å². The van der Waals surface area contributed by atoms with Gasteiger partial charge in [0.2, 0.25) is 0 Å². The summed E-state index contributed by atoms with van der Waals surface area (Å²) in [7, 11) is 0. The number of rotatable bonds is 0. The summed E-state index contributed by atoms with van der Waals surface area (Å²) in [5.74, 6) is 0. The van der Waals surface area contributed by atoms with Gasteiger partial charge in [0.1, 0.15) is 0 Å². The van der Waals surface area contributed by atoms with Crippen molar-refractivity contribution in [2.24, 2.45) is 0 Å². The highest BCUT2D eigenvalue weighted by Crippen LogP contribution is 2.43. The van der Waals surface area contributed by atoms with Crippen LogP contribution in [0, 0.1) is 0 Å². The molecule has 0 amide bonds. The molecular weight excluding hydrogens is 480 g/mol. The molecule has 2 aromatic rings. The first-order valence-corrected chi connectivity index (χ1v) is 15.6. The molecule has 0 saturated heterocycles. The second-order valence-electron chi connectivity index (χ2n) is 19.5. The fourth-order valence-corrected chi connectivity index (χ4v) is 5.35. The van der Waals surface area contributed by atoms with Gasteiger partial charge in [0.15, 0.2) is 0 Å². The minimum atomic E-state index is 0.154. The van der Waals surface area contributed by atoms with Gasteiger partial charge in [-0.05, 0) is 76.8 Å². The molecule has 2 rings (SSSR count). The zero-order chi connectivity index (χ0) is 32.1. The normalized spacial score (nSPS) is 14.1. The molecule has 0 heterocycles. The van der Waals surface area contributed by atoms with Crippen LogP contribution >= 0.6 is 0 Å². The van der Waals surface area contributed by atoms with E-state index < -0.39 is 0 Å². The van der Waals surface area contributed by atoms with E-state index in [2.05, 4.69) is 176 Å². The number of hydrogen-bond acceptors (Lipinski definition) is 0. The van der Waals surface area contributed by atoms with Gasteiger partial charge in [0.05, 0.1) is 0 Å². The molecule has 2 aromatic carbocycles. The second kappa shape index (κ2) is 11.3. The molecule has 0 aromatic heterocycles. The van der Waals surface area contributed by atoms with E-state index in [1.54, 1.807) is 5.56 Å². The second-order valence-corrected chi connectivity index (χ2v) is 19.5. The summed E-state index contributed by atoms with van der Waals surface area (Å²) < 4.78 is 0. The summed E-state index contributed by atoms with van der Waals surface area (Å²) in [5, 5.41) is 0. The summed E-state index contributed by atoms with van der Waals surface area (Å²) in [6.07, 6.45) is 0. The lowest BCUT2D eigenvalue weighted by Crippen LogP contribution is -2.29. The Hall–Kier alpha value is -1.56. The molecule has 40 heavy (non-hydrogen) atoms. The maximum absolute atomic E-state index is 2.47. The van der Waals surface area contributed by atoms with Crippen LogP contribution in [0.15, 0.2) is 30.3 Å². The average Bonchev–Trinajstić information content (AvgIpc) is 2.68. The van der Waals surface area contributed by atoms with E-state index in [4.69, 9.17) is 0 Å². The number of benzene rings is 2. The summed E-state index contributed by atoms with van der Waals surface area (Å²) in [5.41, 5.74) is 11.7. The van der Waals surface area contributed by atoms with Crippen LogP contribution < -0.4 is 0 Å². The van der Waals surface area contributed by atoms with Crippen molar-refractivity contribution in [3.05, 3.63) is 69.3 Å². The van der Waals surface area contributed by atoms with Crippen LogP contribution in [0.3, 0.4) is 0 Å². The lowest BCUT2D eigenvalue weighted by atomic mass is 9.66. The zero-order valence-electron chi connectivity index (χ0n) is 30.9. The Kier molecular flexibility index (Phi) is 10.3. The third-order valence-corrected chi connectivity index (χ3v) is 7.87. The van der Waals surface area contributed by atoms with Gasteiger partial charge < -0.3 is 0 Å². The predicted octanol–water partition coefficient (Wildman–Crippen LogP) is 12.5. The molecule has 0 bridgehead atoms. The van der Waals surface area contributed by atoms with E-state index in [-0.39, 0.29) is 37.9 Å². The van der Waals surface area contributed by atoms with Crippen LogP contribution in [0.2, 0.25) is 0 Å². The fourth-order valence-electron chi connectivity index (χ4n) is 5.35. The van der Waals surface area contributed by atoms with Gasteiger partial charge in [0.25, 0.3) is 0 Å². The average molecular weight is 549 g/mol. The van der Waals surface area contributed by atoms with Crippen molar-refractivity contribution in [1.29, 1.82) is 0 Å². The van der Waals surface area contributed by atoms with E-state index in [1.165, 1.54) is 33.4 Å². The monoisotopic (exact) mass is 549 g/mol. The highest BCUT2D eigenvalue weighted by molar-refractivity contribution is 5.50. The van der Waals surface area contributed by atoms with Gasteiger partial charge in [-0.2, -0.15) is 0 Å². The molecule has 0 aliphatic heterocycles. The highest BCUT2D eigenvalue weighted by atomic mass is 14.4. The Balaban J connectivity index is 0.000000408. The Morgan fingerprint density at radius 2 is 0.575 bits per heavy atom. The van der Waals surface area contributed by atoms with Gasteiger partial charge in [-0.1, -0.05) is 176 Å². The van der Waals surface area contributed by atoms with E-state index in [1.807, 2.05) is 0 Å². The van der Waals surface area contributed by atoms with Crippen LogP contribution in [0.4, 0.5) is 0 Å². The molecule has 0 aliphatic rings. The van der Waals surface area contributed by atoms with Crippen LogP contribution in [-0.2, 0) is 37.9 Å². The molecular formula is C40H68. The van der Waals surface area contributed by atoms with Crippen LogP contribution in [-0.4, -0.2) is 0 Å². The maximum Gasteiger partial charge on any atom is -0.0126 e. The molecule has 0 nitrogen and oxygen atoms in total. The SMILES string of the molecule is CC(C)(C)c1cc(C(C)(C)C)c(C(C)(C)C)c(C(C)(C)C)c1.CC(C)(C)c1ccc(C(C)(C)C)c(C(C)(C)C)c1. The van der Waals surface area contributed by atoms with Crippen molar-refractivity contribution in [2.45, 2.75) is 183 Å². The smallest absolute Gasteiger partial charge is 0.0126 e. The van der Waals surface area contributed by atoms with Gasteiger partial charge in [-0.3, -0.25) is 0 Å².